The number of hydrogen-bond donors (Lipinski definition) is 2. The molecular weight excluding hydrogens is 190 g/mol. The lowest BCUT2D eigenvalue weighted by molar-refractivity contribution is 0.122. The van der Waals surface area contributed by atoms with Crippen LogP contribution in [0.3, 0.4) is 0 Å². The molecule has 0 spiro atoms. The predicted molar refractivity (Wildman–Crippen MR) is 58.8 cm³/mol. The number of nitrogens with one attached hydrogen (secondary N) is 1. The minimum Gasteiger partial charge on any atom is -0.389 e. The first kappa shape index (κ1) is 10.6. The number of aliphatic hydroxyl groups excluding tert-OH is 1. The fourth-order valence-corrected chi connectivity index (χ4v) is 1.78. The SMILES string of the molecule is O[C@@H]1COC[C@@H]1NCCc1ccccc1. The molecule has 1 saturated heterocycles. The van der Waals surface area contributed by atoms with Gasteiger partial charge in [-0.2, -0.15) is 0 Å². The molecule has 2 N–H and O–H groups in total. The summed E-state index contributed by atoms with van der Waals surface area (Å²) in [6.07, 6.45) is 0.644. The van der Waals surface area contributed by atoms with Crippen LogP contribution in [0.15, 0.2) is 30.3 Å². The van der Waals surface area contributed by atoms with E-state index in [-0.39, 0.29) is 12.1 Å². The maximum atomic E-state index is 9.50. The van der Waals surface area contributed by atoms with Crippen LogP contribution in [-0.4, -0.2) is 37.0 Å². The summed E-state index contributed by atoms with van der Waals surface area (Å²) < 4.78 is 5.16. The second-order valence-electron chi connectivity index (χ2n) is 3.90. The van der Waals surface area contributed by atoms with Crippen LogP contribution in [0.2, 0.25) is 0 Å². The first-order valence-electron chi connectivity index (χ1n) is 5.39. The molecule has 1 aliphatic rings. The number of aliphatic hydroxyl groups is 1. The highest BCUT2D eigenvalue weighted by atomic mass is 16.5. The largest absolute Gasteiger partial charge is 0.389 e. The van der Waals surface area contributed by atoms with Crippen molar-refractivity contribution in [3.8, 4) is 0 Å². The van der Waals surface area contributed by atoms with E-state index in [0.717, 1.165) is 13.0 Å². The second-order valence-corrected chi connectivity index (χ2v) is 3.90. The molecule has 0 aliphatic carbocycles. The highest BCUT2D eigenvalue weighted by Crippen LogP contribution is 2.05. The molecule has 15 heavy (non-hydrogen) atoms. The molecule has 1 aromatic rings. The van der Waals surface area contributed by atoms with Crippen molar-refractivity contribution in [2.24, 2.45) is 0 Å². The van der Waals surface area contributed by atoms with Crippen molar-refractivity contribution < 1.29 is 9.84 Å². The molecule has 1 aromatic carbocycles. The minimum absolute atomic E-state index is 0.105. The van der Waals surface area contributed by atoms with Crippen molar-refractivity contribution in [3.05, 3.63) is 35.9 Å². The third-order valence-corrected chi connectivity index (χ3v) is 2.71. The lowest BCUT2D eigenvalue weighted by Gasteiger charge is -2.14. The maximum Gasteiger partial charge on any atom is 0.0948 e. The molecule has 3 nitrogen and oxygen atoms in total. The fraction of sp³-hybridized carbons (Fsp3) is 0.500. The molecule has 3 heteroatoms. The van der Waals surface area contributed by atoms with Crippen LogP contribution in [0.4, 0.5) is 0 Å². The van der Waals surface area contributed by atoms with Gasteiger partial charge in [0.2, 0.25) is 0 Å². The van der Waals surface area contributed by atoms with E-state index in [1.165, 1.54) is 5.56 Å². The Kier molecular flexibility index (Phi) is 3.72. The molecule has 0 radical (unpaired) electrons. The Morgan fingerprint density at radius 2 is 2.07 bits per heavy atom. The summed E-state index contributed by atoms with van der Waals surface area (Å²) in [7, 11) is 0. The van der Waals surface area contributed by atoms with Gasteiger partial charge in [-0.1, -0.05) is 30.3 Å². The molecular formula is C12H17NO2. The van der Waals surface area contributed by atoms with Gasteiger partial charge >= 0.3 is 0 Å². The van der Waals surface area contributed by atoms with E-state index in [2.05, 4.69) is 17.4 Å². The number of hydrogen-bond acceptors (Lipinski definition) is 3. The highest BCUT2D eigenvalue weighted by Gasteiger charge is 2.24. The Bertz CT molecular complexity index is 289. The lowest BCUT2D eigenvalue weighted by Crippen LogP contribution is -2.39. The van der Waals surface area contributed by atoms with E-state index in [4.69, 9.17) is 4.74 Å². The van der Waals surface area contributed by atoms with Crippen molar-refractivity contribution in [2.45, 2.75) is 18.6 Å². The summed E-state index contributed by atoms with van der Waals surface area (Å²) in [5.41, 5.74) is 1.32. The van der Waals surface area contributed by atoms with Gasteiger partial charge < -0.3 is 15.2 Å². The Morgan fingerprint density at radius 1 is 1.27 bits per heavy atom. The van der Waals surface area contributed by atoms with Crippen LogP contribution in [0.1, 0.15) is 5.56 Å². The van der Waals surface area contributed by atoms with Crippen LogP contribution in [0.5, 0.6) is 0 Å². The zero-order chi connectivity index (χ0) is 10.5. The van der Waals surface area contributed by atoms with E-state index in [9.17, 15) is 5.11 Å². The van der Waals surface area contributed by atoms with Crippen LogP contribution in [0.25, 0.3) is 0 Å². The lowest BCUT2D eigenvalue weighted by atomic mass is 10.1. The molecule has 2 atom stereocenters. The molecule has 1 fully saturated rings. The average molecular weight is 207 g/mol. The standard InChI is InChI=1S/C12H17NO2/c14-12-9-15-8-11(12)13-7-6-10-4-2-1-3-5-10/h1-5,11-14H,6-9H2/t11-,12+/m0/s1. The Labute approximate surface area is 90.1 Å². The average Bonchev–Trinajstić information content (AvgIpc) is 2.66. The molecule has 1 heterocycles. The van der Waals surface area contributed by atoms with Gasteiger partial charge in [0.25, 0.3) is 0 Å². The van der Waals surface area contributed by atoms with Crippen molar-refractivity contribution in [1.82, 2.24) is 5.32 Å². The maximum absolute atomic E-state index is 9.50. The van der Waals surface area contributed by atoms with Gasteiger partial charge in [-0.05, 0) is 18.5 Å². The number of ether oxygens (including phenoxy) is 1. The van der Waals surface area contributed by atoms with Gasteiger partial charge in [0.05, 0.1) is 25.4 Å². The van der Waals surface area contributed by atoms with Crippen molar-refractivity contribution in [2.75, 3.05) is 19.8 Å². The molecule has 2 rings (SSSR count). The number of rotatable bonds is 4. The van der Waals surface area contributed by atoms with Crippen molar-refractivity contribution in [3.63, 3.8) is 0 Å². The summed E-state index contributed by atoms with van der Waals surface area (Å²) in [6.45, 7) is 1.97. The first-order valence-corrected chi connectivity index (χ1v) is 5.39. The topological polar surface area (TPSA) is 41.5 Å². The Balaban J connectivity index is 1.71. The smallest absolute Gasteiger partial charge is 0.0948 e. The molecule has 1 aliphatic heterocycles. The fourth-order valence-electron chi connectivity index (χ4n) is 1.78. The normalized spacial score (nSPS) is 25.7. The van der Waals surface area contributed by atoms with Gasteiger partial charge in [0.1, 0.15) is 0 Å². The van der Waals surface area contributed by atoms with Crippen LogP contribution in [0, 0.1) is 0 Å². The summed E-state index contributed by atoms with van der Waals surface area (Å²) in [5.74, 6) is 0. The molecule has 0 amide bonds. The summed E-state index contributed by atoms with van der Waals surface area (Å²) in [6, 6.07) is 10.4. The van der Waals surface area contributed by atoms with E-state index in [1.807, 2.05) is 18.2 Å². The predicted octanol–water partition coefficient (Wildman–Crippen LogP) is 0.578. The monoisotopic (exact) mass is 207 g/mol. The van der Waals surface area contributed by atoms with E-state index in [1.54, 1.807) is 0 Å². The zero-order valence-electron chi connectivity index (χ0n) is 8.73. The molecule has 82 valence electrons. The Hall–Kier alpha value is -0.900. The quantitative estimate of drug-likeness (QED) is 0.759. The van der Waals surface area contributed by atoms with E-state index in [0.29, 0.717) is 13.2 Å². The van der Waals surface area contributed by atoms with Gasteiger partial charge in [0, 0.05) is 0 Å². The van der Waals surface area contributed by atoms with Crippen LogP contribution < -0.4 is 5.32 Å². The molecule has 0 saturated carbocycles. The van der Waals surface area contributed by atoms with Gasteiger partial charge in [-0.25, -0.2) is 0 Å². The summed E-state index contributed by atoms with van der Waals surface area (Å²) >= 11 is 0. The number of benzene rings is 1. The van der Waals surface area contributed by atoms with Crippen molar-refractivity contribution in [1.29, 1.82) is 0 Å². The molecule has 0 aromatic heterocycles. The minimum atomic E-state index is -0.347. The second kappa shape index (κ2) is 5.26. The van der Waals surface area contributed by atoms with E-state index < -0.39 is 0 Å². The molecule has 0 bridgehead atoms. The summed E-state index contributed by atoms with van der Waals surface area (Å²) in [4.78, 5) is 0. The van der Waals surface area contributed by atoms with Gasteiger partial charge in [-0.3, -0.25) is 0 Å². The van der Waals surface area contributed by atoms with Crippen LogP contribution >= 0.6 is 0 Å². The highest BCUT2D eigenvalue weighted by molar-refractivity contribution is 5.14. The summed E-state index contributed by atoms with van der Waals surface area (Å²) in [5, 5.41) is 12.8. The van der Waals surface area contributed by atoms with E-state index >= 15 is 0 Å². The third-order valence-electron chi connectivity index (χ3n) is 2.71. The molecule has 0 unspecified atom stereocenters. The van der Waals surface area contributed by atoms with Crippen LogP contribution in [-0.2, 0) is 11.2 Å². The zero-order valence-corrected chi connectivity index (χ0v) is 8.73. The van der Waals surface area contributed by atoms with Gasteiger partial charge in [-0.15, -0.1) is 0 Å². The third kappa shape index (κ3) is 3.02. The first-order chi connectivity index (χ1) is 7.36. The van der Waals surface area contributed by atoms with Crippen molar-refractivity contribution >= 4 is 0 Å². The van der Waals surface area contributed by atoms with Gasteiger partial charge in [0.15, 0.2) is 0 Å². The Morgan fingerprint density at radius 3 is 2.73 bits per heavy atom.